The van der Waals surface area contributed by atoms with Crippen molar-refractivity contribution < 1.29 is 23.2 Å². The molecule has 2 heterocycles. The Labute approximate surface area is 243 Å². The van der Waals surface area contributed by atoms with Gasteiger partial charge in [0.25, 0.3) is 5.69 Å². The van der Waals surface area contributed by atoms with Crippen LogP contribution in [-0.4, -0.2) is 17.1 Å². The van der Waals surface area contributed by atoms with E-state index in [1.807, 2.05) is 36.4 Å². The second kappa shape index (κ2) is 11.3. The molecule has 0 N–H and O–H groups in total. The second-order valence-electron chi connectivity index (χ2n) is 9.21. The van der Waals surface area contributed by atoms with Crippen molar-refractivity contribution in [3.8, 4) is 5.75 Å². The average molecular weight is 582 g/mol. The SMILES string of the molecule is COc1ccc(C2=NN(c3ccc([N+](=O)[O-])cc3)C(=C3C=C(c4ccc(F)cc4)OC(c4ccc(F)cc4)=C3)S2)cc1. The summed E-state index contributed by atoms with van der Waals surface area (Å²) in [6.07, 6.45) is 3.65. The Hall–Kier alpha value is -5.22. The fourth-order valence-electron chi connectivity index (χ4n) is 4.35. The van der Waals surface area contributed by atoms with Crippen LogP contribution in [0, 0.1) is 21.7 Å². The number of hydrogen-bond acceptors (Lipinski definition) is 7. The zero-order valence-corrected chi connectivity index (χ0v) is 22.8. The van der Waals surface area contributed by atoms with Crippen LogP contribution >= 0.6 is 11.8 Å². The van der Waals surface area contributed by atoms with Gasteiger partial charge in [-0.1, -0.05) is 0 Å². The van der Waals surface area contributed by atoms with Crippen LogP contribution in [0.15, 0.2) is 125 Å². The third kappa shape index (κ3) is 5.52. The summed E-state index contributed by atoms with van der Waals surface area (Å²) in [6, 6.07) is 25.5. The average Bonchev–Trinajstić information content (AvgIpc) is 3.47. The fraction of sp³-hybridized carbons (Fsp3) is 0.0312. The van der Waals surface area contributed by atoms with Gasteiger partial charge in [0, 0.05) is 34.4 Å². The molecule has 10 heteroatoms. The predicted octanol–water partition coefficient (Wildman–Crippen LogP) is 8.12. The van der Waals surface area contributed by atoms with Crippen molar-refractivity contribution in [1.82, 2.24) is 0 Å². The van der Waals surface area contributed by atoms with E-state index in [-0.39, 0.29) is 17.3 Å². The Morgan fingerprint density at radius 1 is 0.786 bits per heavy atom. The van der Waals surface area contributed by atoms with E-state index in [1.165, 1.54) is 48.2 Å². The van der Waals surface area contributed by atoms with Gasteiger partial charge in [0.1, 0.15) is 39.0 Å². The highest BCUT2D eigenvalue weighted by Gasteiger charge is 2.29. The molecule has 0 fully saturated rings. The van der Waals surface area contributed by atoms with Gasteiger partial charge in [-0.25, -0.2) is 13.8 Å². The predicted molar refractivity (Wildman–Crippen MR) is 160 cm³/mol. The van der Waals surface area contributed by atoms with Crippen LogP contribution in [0.2, 0.25) is 0 Å². The Kier molecular flexibility index (Phi) is 7.28. The van der Waals surface area contributed by atoms with E-state index in [2.05, 4.69) is 0 Å². The third-order valence-electron chi connectivity index (χ3n) is 6.52. The Balaban J connectivity index is 1.51. The second-order valence-corrected chi connectivity index (χ2v) is 10.2. The maximum absolute atomic E-state index is 13.7. The topological polar surface area (TPSA) is 77.2 Å². The van der Waals surface area contributed by atoms with Crippen LogP contribution in [0.3, 0.4) is 0 Å². The van der Waals surface area contributed by atoms with Crippen molar-refractivity contribution in [1.29, 1.82) is 0 Å². The molecule has 2 aliphatic heterocycles. The normalized spacial score (nSPS) is 14.6. The summed E-state index contributed by atoms with van der Waals surface area (Å²) in [7, 11) is 1.59. The highest BCUT2D eigenvalue weighted by atomic mass is 32.2. The number of non-ortho nitro benzene ring substituents is 1. The molecule has 0 aromatic heterocycles. The highest BCUT2D eigenvalue weighted by Crippen LogP contribution is 2.43. The Morgan fingerprint density at radius 3 is 1.81 bits per heavy atom. The molecule has 0 bridgehead atoms. The maximum Gasteiger partial charge on any atom is 0.269 e. The largest absolute Gasteiger partial charge is 0.497 e. The van der Waals surface area contributed by atoms with Gasteiger partial charge >= 0.3 is 0 Å². The van der Waals surface area contributed by atoms with E-state index in [1.54, 1.807) is 48.5 Å². The molecule has 0 aliphatic carbocycles. The summed E-state index contributed by atoms with van der Waals surface area (Å²) in [4.78, 5) is 10.8. The van der Waals surface area contributed by atoms with E-state index < -0.39 is 4.92 Å². The van der Waals surface area contributed by atoms with Crippen LogP contribution in [0.5, 0.6) is 5.75 Å². The molecule has 0 spiro atoms. The van der Waals surface area contributed by atoms with Crippen molar-refractivity contribution >= 4 is 39.7 Å². The molecule has 0 unspecified atom stereocenters. The summed E-state index contributed by atoms with van der Waals surface area (Å²) >= 11 is 1.41. The first-order valence-corrected chi connectivity index (χ1v) is 13.5. The molecule has 4 aromatic rings. The first-order valence-electron chi connectivity index (χ1n) is 12.7. The van der Waals surface area contributed by atoms with Gasteiger partial charge in [-0.2, -0.15) is 5.10 Å². The summed E-state index contributed by atoms with van der Waals surface area (Å²) in [6.45, 7) is 0. The van der Waals surface area contributed by atoms with Crippen LogP contribution < -0.4 is 9.75 Å². The number of hydrogen-bond donors (Lipinski definition) is 0. The van der Waals surface area contributed by atoms with Crippen LogP contribution in [0.1, 0.15) is 16.7 Å². The van der Waals surface area contributed by atoms with E-state index in [0.717, 1.165) is 11.1 Å². The van der Waals surface area contributed by atoms with E-state index >= 15 is 0 Å². The number of nitrogens with zero attached hydrogens (tertiary/aromatic N) is 3. The van der Waals surface area contributed by atoms with Crippen LogP contribution in [0.25, 0.3) is 11.5 Å². The van der Waals surface area contributed by atoms with Gasteiger partial charge in [0.05, 0.1) is 17.7 Å². The quantitative estimate of drug-likeness (QED) is 0.169. The van der Waals surface area contributed by atoms with Gasteiger partial charge in [-0.15, -0.1) is 0 Å². The molecule has 2 aliphatic rings. The number of benzene rings is 4. The number of rotatable bonds is 6. The Bertz CT molecular complexity index is 1720. The standard InChI is InChI=1S/C32H21F2N3O4S/c1-40-28-16-6-22(7-17-28)31-35-36(26-12-14-27(15-13-26)37(38)39)32(42-31)23-18-29(20-2-8-24(33)9-3-20)41-30(19-23)21-4-10-25(34)11-5-21/h2-19H,1H3. The number of halogens is 2. The lowest BCUT2D eigenvalue weighted by Gasteiger charge is -2.22. The van der Waals surface area contributed by atoms with Gasteiger partial charge < -0.3 is 9.47 Å². The summed E-state index contributed by atoms with van der Waals surface area (Å²) in [5, 5.41) is 19.3. The van der Waals surface area contributed by atoms with Gasteiger partial charge in [-0.05, 0) is 109 Å². The summed E-state index contributed by atoms with van der Waals surface area (Å²) in [5.41, 5.74) is 3.42. The van der Waals surface area contributed by atoms with Crippen molar-refractivity contribution in [3.05, 3.63) is 158 Å². The van der Waals surface area contributed by atoms with E-state index in [0.29, 0.717) is 44.2 Å². The molecule has 0 saturated heterocycles. The molecular weight excluding hydrogens is 560 g/mol. The Morgan fingerprint density at radius 2 is 1.31 bits per heavy atom. The van der Waals surface area contributed by atoms with Crippen molar-refractivity contribution in [3.63, 3.8) is 0 Å². The molecule has 0 saturated carbocycles. The first kappa shape index (κ1) is 27.0. The van der Waals surface area contributed by atoms with Crippen LogP contribution in [-0.2, 0) is 4.74 Å². The lowest BCUT2D eigenvalue weighted by atomic mass is 10.0. The van der Waals surface area contributed by atoms with Crippen LogP contribution in [0.4, 0.5) is 20.2 Å². The van der Waals surface area contributed by atoms with Crippen molar-refractivity contribution in [2.24, 2.45) is 5.10 Å². The minimum absolute atomic E-state index is 0.0396. The summed E-state index contributed by atoms with van der Waals surface area (Å²) < 4.78 is 39.0. The molecular formula is C32H21F2N3O4S. The third-order valence-corrected chi connectivity index (χ3v) is 7.63. The van der Waals surface area contributed by atoms with Gasteiger partial charge in [-0.3, -0.25) is 10.1 Å². The number of thioether (sulfide) groups is 1. The minimum atomic E-state index is -0.457. The number of nitro groups is 1. The number of ether oxygens (including phenoxy) is 2. The van der Waals surface area contributed by atoms with E-state index in [9.17, 15) is 18.9 Å². The number of allylic oxidation sites excluding steroid dienone is 3. The number of hydrazone groups is 1. The number of nitro benzene ring substituents is 1. The van der Waals surface area contributed by atoms with Gasteiger partial charge in [0.15, 0.2) is 0 Å². The van der Waals surface area contributed by atoms with E-state index in [4.69, 9.17) is 14.6 Å². The lowest BCUT2D eigenvalue weighted by Crippen LogP contribution is -2.12. The monoisotopic (exact) mass is 581 g/mol. The highest BCUT2D eigenvalue weighted by molar-refractivity contribution is 8.18. The minimum Gasteiger partial charge on any atom is -0.497 e. The van der Waals surface area contributed by atoms with Crippen molar-refractivity contribution in [2.45, 2.75) is 0 Å². The smallest absolute Gasteiger partial charge is 0.269 e. The fourth-order valence-corrected chi connectivity index (χ4v) is 5.38. The van der Waals surface area contributed by atoms with Gasteiger partial charge in [0.2, 0.25) is 0 Å². The lowest BCUT2D eigenvalue weighted by molar-refractivity contribution is -0.384. The molecule has 7 nitrogen and oxygen atoms in total. The molecule has 6 rings (SSSR count). The molecule has 208 valence electrons. The van der Waals surface area contributed by atoms with Crippen molar-refractivity contribution in [2.75, 3.05) is 12.1 Å². The molecule has 42 heavy (non-hydrogen) atoms. The molecule has 4 aromatic carbocycles. The first-order chi connectivity index (χ1) is 20.4. The zero-order valence-electron chi connectivity index (χ0n) is 22.0. The number of anilines is 1. The zero-order chi connectivity index (χ0) is 29.2. The maximum atomic E-state index is 13.7. The molecule has 0 radical (unpaired) electrons. The molecule has 0 atom stereocenters. The number of methoxy groups -OCH3 is 1. The molecule has 0 amide bonds. The summed E-state index contributed by atoms with van der Waals surface area (Å²) in [5.74, 6) is 0.867.